The van der Waals surface area contributed by atoms with Gasteiger partial charge in [0.25, 0.3) is 0 Å². The summed E-state index contributed by atoms with van der Waals surface area (Å²) < 4.78 is 2.17. The minimum absolute atomic E-state index is 0.466. The number of hydrogen-bond donors (Lipinski definition) is 1. The molecule has 0 aliphatic heterocycles. The van der Waals surface area contributed by atoms with Crippen molar-refractivity contribution in [3.8, 4) is 0 Å². The van der Waals surface area contributed by atoms with E-state index in [2.05, 4.69) is 42.6 Å². The Bertz CT molecular complexity index is 265. The lowest BCUT2D eigenvalue weighted by Gasteiger charge is -2.18. The molecule has 0 aliphatic carbocycles. The van der Waals surface area contributed by atoms with Crippen LogP contribution in [0.15, 0.2) is 12.4 Å². The summed E-state index contributed by atoms with van der Waals surface area (Å²) >= 11 is 0. The second-order valence-electron chi connectivity index (χ2n) is 4.12. The molecule has 0 saturated heterocycles. The number of imidazole rings is 1. The molecular weight excluding hydrogens is 174 g/mol. The lowest BCUT2D eigenvalue weighted by molar-refractivity contribution is 0.549. The van der Waals surface area contributed by atoms with Gasteiger partial charge in [-0.2, -0.15) is 0 Å². The highest BCUT2D eigenvalue weighted by atomic mass is 15.2. The Morgan fingerprint density at radius 1 is 1.43 bits per heavy atom. The lowest BCUT2D eigenvalue weighted by atomic mass is 10.1. The van der Waals surface area contributed by atoms with Gasteiger partial charge >= 0.3 is 0 Å². The Kier molecular flexibility index (Phi) is 3.98. The molecule has 1 atom stereocenters. The first kappa shape index (κ1) is 11.1. The fraction of sp³-hybridized carbons (Fsp3) is 0.727. The average Bonchev–Trinajstić information content (AvgIpc) is 2.53. The third kappa shape index (κ3) is 2.76. The monoisotopic (exact) mass is 195 g/mol. The van der Waals surface area contributed by atoms with E-state index in [1.54, 1.807) is 0 Å². The lowest BCUT2D eigenvalue weighted by Crippen LogP contribution is -2.23. The molecule has 0 radical (unpaired) electrons. The van der Waals surface area contributed by atoms with E-state index in [0.29, 0.717) is 12.0 Å². The molecule has 0 fully saturated rings. The van der Waals surface area contributed by atoms with Gasteiger partial charge in [0.2, 0.25) is 5.95 Å². The molecule has 80 valence electrons. The number of aryl methyl sites for hydroxylation is 1. The van der Waals surface area contributed by atoms with E-state index in [1.165, 1.54) is 0 Å². The van der Waals surface area contributed by atoms with Gasteiger partial charge in [-0.05, 0) is 19.3 Å². The van der Waals surface area contributed by atoms with Gasteiger partial charge in [0.15, 0.2) is 0 Å². The standard InChI is InChI=1S/C11H21N3/c1-5-7-14-8-6-12-11(14)13-10(4)9(2)3/h6,8-10H,5,7H2,1-4H3,(H,12,13). The maximum atomic E-state index is 4.31. The van der Waals surface area contributed by atoms with Gasteiger partial charge in [-0.25, -0.2) is 4.98 Å². The first-order valence-electron chi connectivity index (χ1n) is 5.42. The fourth-order valence-electron chi connectivity index (χ4n) is 1.24. The van der Waals surface area contributed by atoms with E-state index in [4.69, 9.17) is 0 Å². The van der Waals surface area contributed by atoms with Crippen LogP contribution in [0.1, 0.15) is 34.1 Å². The molecule has 1 aromatic rings. The van der Waals surface area contributed by atoms with Crippen molar-refractivity contribution in [3.63, 3.8) is 0 Å². The van der Waals surface area contributed by atoms with Gasteiger partial charge in [0.1, 0.15) is 0 Å². The molecule has 0 saturated carbocycles. The highest BCUT2D eigenvalue weighted by Crippen LogP contribution is 2.10. The molecular formula is C11H21N3. The molecule has 1 N–H and O–H groups in total. The predicted octanol–water partition coefficient (Wildman–Crippen LogP) is 2.75. The first-order valence-corrected chi connectivity index (χ1v) is 5.42. The summed E-state index contributed by atoms with van der Waals surface area (Å²) in [6, 6.07) is 0.466. The maximum absolute atomic E-state index is 4.31. The number of aromatic nitrogens is 2. The van der Waals surface area contributed by atoms with Crippen molar-refractivity contribution in [2.24, 2.45) is 5.92 Å². The van der Waals surface area contributed by atoms with Gasteiger partial charge in [-0.3, -0.25) is 0 Å². The van der Waals surface area contributed by atoms with Crippen LogP contribution < -0.4 is 5.32 Å². The minimum atomic E-state index is 0.466. The second kappa shape index (κ2) is 5.03. The quantitative estimate of drug-likeness (QED) is 0.783. The molecule has 0 spiro atoms. The van der Waals surface area contributed by atoms with Crippen LogP contribution in [0.5, 0.6) is 0 Å². The van der Waals surface area contributed by atoms with Crippen LogP contribution in [0.2, 0.25) is 0 Å². The van der Waals surface area contributed by atoms with Gasteiger partial charge in [0, 0.05) is 25.0 Å². The zero-order valence-corrected chi connectivity index (χ0v) is 9.62. The molecule has 3 nitrogen and oxygen atoms in total. The maximum Gasteiger partial charge on any atom is 0.202 e. The van der Waals surface area contributed by atoms with Crippen molar-refractivity contribution in [2.45, 2.75) is 46.7 Å². The molecule has 0 amide bonds. The highest BCUT2D eigenvalue weighted by Gasteiger charge is 2.09. The largest absolute Gasteiger partial charge is 0.353 e. The van der Waals surface area contributed by atoms with Crippen LogP contribution in [-0.2, 0) is 6.54 Å². The number of nitrogens with one attached hydrogen (secondary N) is 1. The summed E-state index contributed by atoms with van der Waals surface area (Å²) in [5.74, 6) is 1.62. The van der Waals surface area contributed by atoms with Crippen LogP contribution in [0.25, 0.3) is 0 Å². The molecule has 3 heteroatoms. The van der Waals surface area contributed by atoms with Gasteiger partial charge in [-0.1, -0.05) is 20.8 Å². The summed E-state index contributed by atoms with van der Waals surface area (Å²) in [4.78, 5) is 4.31. The van der Waals surface area contributed by atoms with Crippen LogP contribution in [0.3, 0.4) is 0 Å². The molecule has 1 rings (SSSR count). The first-order chi connectivity index (χ1) is 6.65. The second-order valence-corrected chi connectivity index (χ2v) is 4.12. The summed E-state index contributed by atoms with van der Waals surface area (Å²) in [5, 5.41) is 3.43. The van der Waals surface area contributed by atoms with Gasteiger partial charge in [-0.15, -0.1) is 0 Å². The normalized spacial score (nSPS) is 13.2. The van der Waals surface area contributed by atoms with E-state index in [0.717, 1.165) is 18.9 Å². The number of anilines is 1. The Morgan fingerprint density at radius 2 is 2.14 bits per heavy atom. The Balaban J connectivity index is 2.61. The fourth-order valence-corrected chi connectivity index (χ4v) is 1.24. The summed E-state index contributed by atoms with van der Waals surface area (Å²) in [6.07, 6.45) is 5.02. The zero-order chi connectivity index (χ0) is 10.6. The van der Waals surface area contributed by atoms with Crippen LogP contribution in [-0.4, -0.2) is 15.6 Å². The van der Waals surface area contributed by atoms with E-state index in [9.17, 15) is 0 Å². The van der Waals surface area contributed by atoms with Crippen molar-refractivity contribution in [2.75, 3.05) is 5.32 Å². The highest BCUT2D eigenvalue weighted by molar-refractivity contribution is 5.27. The van der Waals surface area contributed by atoms with Crippen molar-refractivity contribution in [1.29, 1.82) is 0 Å². The number of nitrogens with zero attached hydrogens (tertiary/aromatic N) is 2. The zero-order valence-electron chi connectivity index (χ0n) is 9.62. The molecule has 0 aromatic carbocycles. The third-order valence-corrected chi connectivity index (χ3v) is 2.54. The molecule has 0 aliphatic rings. The Hall–Kier alpha value is -0.990. The number of hydrogen-bond acceptors (Lipinski definition) is 2. The summed E-state index contributed by atoms with van der Waals surface area (Å²) in [6.45, 7) is 9.83. The summed E-state index contributed by atoms with van der Waals surface area (Å²) in [7, 11) is 0. The van der Waals surface area contributed by atoms with E-state index in [1.807, 2.05) is 12.4 Å². The van der Waals surface area contributed by atoms with E-state index in [-0.39, 0.29) is 0 Å². The molecule has 0 bridgehead atoms. The predicted molar refractivity (Wildman–Crippen MR) is 60.4 cm³/mol. The van der Waals surface area contributed by atoms with Crippen molar-refractivity contribution in [1.82, 2.24) is 9.55 Å². The molecule has 1 aromatic heterocycles. The van der Waals surface area contributed by atoms with Crippen molar-refractivity contribution in [3.05, 3.63) is 12.4 Å². The molecule has 1 heterocycles. The van der Waals surface area contributed by atoms with Gasteiger partial charge < -0.3 is 9.88 Å². The average molecular weight is 195 g/mol. The third-order valence-electron chi connectivity index (χ3n) is 2.54. The molecule has 1 unspecified atom stereocenters. The van der Waals surface area contributed by atoms with E-state index >= 15 is 0 Å². The van der Waals surface area contributed by atoms with Crippen molar-refractivity contribution >= 4 is 5.95 Å². The Morgan fingerprint density at radius 3 is 2.71 bits per heavy atom. The molecule has 14 heavy (non-hydrogen) atoms. The minimum Gasteiger partial charge on any atom is -0.353 e. The number of rotatable bonds is 5. The summed E-state index contributed by atoms with van der Waals surface area (Å²) in [5.41, 5.74) is 0. The van der Waals surface area contributed by atoms with Gasteiger partial charge in [0.05, 0.1) is 0 Å². The van der Waals surface area contributed by atoms with E-state index < -0.39 is 0 Å². The smallest absolute Gasteiger partial charge is 0.202 e. The topological polar surface area (TPSA) is 29.9 Å². The SMILES string of the molecule is CCCn1ccnc1NC(C)C(C)C. The van der Waals surface area contributed by atoms with Crippen LogP contribution in [0.4, 0.5) is 5.95 Å². The Labute approximate surface area is 86.5 Å². The van der Waals surface area contributed by atoms with Crippen molar-refractivity contribution < 1.29 is 0 Å². The van der Waals surface area contributed by atoms with Crippen LogP contribution >= 0.6 is 0 Å². The van der Waals surface area contributed by atoms with Crippen LogP contribution in [0, 0.1) is 5.92 Å².